The van der Waals surface area contributed by atoms with Crippen LogP contribution in [0.25, 0.3) is 0 Å². The molecule has 328 valence electrons. The number of methoxy groups -OCH3 is 4. The average Bonchev–Trinajstić information content (AvgIpc) is 3.96. The minimum absolute atomic E-state index is 0.263. The molecule has 2 unspecified atom stereocenters. The van der Waals surface area contributed by atoms with Crippen LogP contribution in [0.3, 0.4) is 0 Å². The van der Waals surface area contributed by atoms with Gasteiger partial charge in [0.05, 0.1) is 64.9 Å². The second kappa shape index (κ2) is 20.3. The SMILES string of the molecule is COC(=O)[C@@H]1CCCN1C(=O)C1=C(C)NC(=S)NC1c1ccc(OCCCCCOc2ccc(C3NC(=S)NC(C)=C3C(=O)N3CCC[C@H]3C(=O)OC)cc2OC)c(OC)c1. The van der Waals surface area contributed by atoms with Crippen LogP contribution in [0.1, 0.15) is 82.0 Å². The first-order chi connectivity index (χ1) is 29.4. The summed E-state index contributed by atoms with van der Waals surface area (Å²) >= 11 is 10.9. The number of allylic oxidation sites excluding steroid dienone is 2. The van der Waals surface area contributed by atoms with E-state index in [0.29, 0.717) is 108 Å². The van der Waals surface area contributed by atoms with Crippen molar-refractivity contribution >= 4 is 58.4 Å². The Bertz CT molecular complexity index is 1960. The largest absolute Gasteiger partial charge is 0.493 e. The third kappa shape index (κ3) is 9.96. The molecule has 61 heavy (non-hydrogen) atoms. The van der Waals surface area contributed by atoms with E-state index in [1.165, 1.54) is 14.2 Å². The van der Waals surface area contributed by atoms with Crippen molar-refractivity contribution in [2.24, 2.45) is 0 Å². The second-order valence-electron chi connectivity index (χ2n) is 15.1. The number of likely N-dealkylation sites (tertiary alicyclic amines) is 2. The number of carbonyl (C=O) groups excluding carboxylic acids is 4. The van der Waals surface area contributed by atoms with Gasteiger partial charge in [-0.1, -0.05) is 12.1 Å². The summed E-state index contributed by atoms with van der Waals surface area (Å²) < 4.78 is 33.6. The zero-order valence-corrected chi connectivity index (χ0v) is 37.0. The van der Waals surface area contributed by atoms with Gasteiger partial charge in [0.15, 0.2) is 33.2 Å². The maximum Gasteiger partial charge on any atom is 0.328 e. The first-order valence-electron chi connectivity index (χ1n) is 20.4. The van der Waals surface area contributed by atoms with Gasteiger partial charge < -0.3 is 59.5 Å². The van der Waals surface area contributed by atoms with E-state index in [9.17, 15) is 19.2 Å². The molecule has 18 heteroatoms. The number of rotatable bonds is 16. The Kier molecular flexibility index (Phi) is 14.9. The van der Waals surface area contributed by atoms with Crippen LogP contribution in [0.5, 0.6) is 23.0 Å². The Balaban J connectivity index is 1.03. The highest BCUT2D eigenvalue weighted by atomic mass is 32.1. The van der Waals surface area contributed by atoms with Crippen LogP contribution >= 0.6 is 24.4 Å². The van der Waals surface area contributed by atoms with Crippen molar-refractivity contribution in [3.8, 4) is 23.0 Å². The summed E-state index contributed by atoms with van der Waals surface area (Å²) in [5, 5.41) is 13.3. The lowest BCUT2D eigenvalue weighted by molar-refractivity contribution is -0.150. The van der Waals surface area contributed by atoms with E-state index >= 15 is 0 Å². The van der Waals surface area contributed by atoms with E-state index in [0.717, 1.165) is 30.4 Å². The smallest absolute Gasteiger partial charge is 0.328 e. The van der Waals surface area contributed by atoms with Crippen molar-refractivity contribution in [2.75, 3.05) is 54.7 Å². The van der Waals surface area contributed by atoms with Gasteiger partial charge in [-0.25, -0.2) is 9.59 Å². The standard InChI is InChI=1S/C43H54N6O10S2/c1-24-34(38(50)48-18-10-12-28(48)40(52)56-5)36(46-42(60)44-24)26-14-16-30(32(22-26)54-3)58-20-8-7-9-21-59-31-17-15-27(23-33(31)55-4)37-35(25(2)45-43(61)47-37)39(51)49-19-11-13-29(49)41(53)57-6/h14-17,22-23,28-29,36-37H,7-13,18-21H2,1-6H3,(H2,44,46,60)(H2,45,47,61)/t28-,29-,36?,37?/m0/s1. The van der Waals surface area contributed by atoms with Crippen LogP contribution < -0.4 is 40.2 Å². The Morgan fingerprint density at radius 1 is 0.623 bits per heavy atom. The molecular formula is C43H54N6O10S2. The number of carbonyl (C=O) groups is 4. The monoisotopic (exact) mass is 878 g/mol. The Hall–Kier alpha value is -5.62. The number of hydrogen-bond acceptors (Lipinski definition) is 12. The average molecular weight is 879 g/mol. The van der Waals surface area contributed by atoms with E-state index in [1.807, 2.05) is 36.4 Å². The fourth-order valence-electron chi connectivity index (χ4n) is 8.26. The van der Waals surface area contributed by atoms with Gasteiger partial charge in [-0.3, -0.25) is 9.59 Å². The molecule has 0 saturated carbocycles. The highest BCUT2D eigenvalue weighted by Crippen LogP contribution is 2.38. The highest BCUT2D eigenvalue weighted by molar-refractivity contribution is 7.80. The lowest BCUT2D eigenvalue weighted by Crippen LogP contribution is -2.49. The predicted molar refractivity (Wildman–Crippen MR) is 233 cm³/mol. The maximum absolute atomic E-state index is 13.9. The Labute approximate surface area is 366 Å². The first kappa shape index (κ1) is 44.9. The van der Waals surface area contributed by atoms with Crippen LogP contribution in [0, 0.1) is 0 Å². The van der Waals surface area contributed by atoms with Crippen molar-refractivity contribution < 1.29 is 47.6 Å². The number of esters is 2. The van der Waals surface area contributed by atoms with Gasteiger partial charge in [0.1, 0.15) is 12.1 Å². The van der Waals surface area contributed by atoms with Crippen LogP contribution in [-0.2, 0) is 28.7 Å². The number of nitrogens with zero attached hydrogens (tertiary/aromatic N) is 2. The van der Waals surface area contributed by atoms with Crippen LogP contribution in [0.2, 0.25) is 0 Å². The van der Waals surface area contributed by atoms with Gasteiger partial charge >= 0.3 is 11.9 Å². The summed E-state index contributed by atoms with van der Waals surface area (Å²) in [7, 11) is 5.78. The zero-order valence-electron chi connectivity index (χ0n) is 35.3. The maximum atomic E-state index is 13.9. The minimum Gasteiger partial charge on any atom is -0.493 e. The van der Waals surface area contributed by atoms with Crippen molar-refractivity contribution in [3.63, 3.8) is 0 Å². The molecule has 2 aromatic rings. The molecule has 4 aliphatic heterocycles. The number of hydrogen-bond donors (Lipinski definition) is 4. The third-order valence-electron chi connectivity index (χ3n) is 11.3. The van der Waals surface area contributed by atoms with Crippen molar-refractivity contribution in [1.29, 1.82) is 0 Å². The highest BCUT2D eigenvalue weighted by Gasteiger charge is 2.42. The lowest BCUT2D eigenvalue weighted by Gasteiger charge is -2.33. The molecule has 0 radical (unpaired) electrons. The van der Waals surface area contributed by atoms with Crippen molar-refractivity contribution in [3.05, 3.63) is 70.1 Å². The number of thiocarbonyl (C=S) groups is 2. The van der Waals surface area contributed by atoms with Gasteiger partial charge in [0, 0.05) is 24.5 Å². The Morgan fingerprint density at radius 2 is 1.03 bits per heavy atom. The molecule has 2 saturated heterocycles. The van der Waals surface area contributed by atoms with Crippen LogP contribution in [0.15, 0.2) is 58.9 Å². The molecular weight excluding hydrogens is 825 g/mol. The van der Waals surface area contributed by atoms with Crippen molar-refractivity contribution in [2.45, 2.75) is 83.0 Å². The third-order valence-corrected chi connectivity index (χ3v) is 11.8. The second-order valence-corrected chi connectivity index (χ2v) is 15.9. The number of amides is 2. The summed E-state index contributed by atoms with van der Waals surface area (Å²) in [6, 6.07) is 8.60. The molecule has 2 amide bonds. The Morgan fingerprint density at radius 3 is 1.41 bits per heavy atom. The molecule has 16 nitrogen and oxygen atoms in total. The number of ether oxygens (including phenoxy) is 6. The van der Waals surface area contributed by atoms with E-state index in [4.69, 9.17) is 52.9 Å². The predicted octanol–water partition coefficient (Wildman–Crippen LogP) is 4.25. The molecule has 4 aliphatic rings. The van der Waals surface area contributed by atoms with Crippen LogP contribution in [0.4, 0.5) is 0 Å². The molecule has 4 N–H and O–H groups in total. The fourth-order valence-corrected chi connectivity index (χ4v) is 8.80. The zero-order chi connectivity index (χ0) is 43.8. The molecule has 0 aromatic heterocycles. The van der Waals surface area contributed by atoms with Crippen molar-refractivity contribution in [1.82, 2.24) is 31.1 Å². The number of unbranched alkanes of at least 4 members (excludes halogenated alkanes) is 2. The van der Waals surface area contributed by atoms with E-state index < -0.39 is 36.1 Å². The summed E-state index contributed by atoms with van der Waals surface area (Å²) in [5.74, 6) is 0.745. The summed E-state index contributed by atoms with van der Waals surface area (Å²) in [4.78, 5) is 56.0. The minimum atomic E-state index is -0.637. The van der Waals surface area contributed by atoms with Gasteiger partial charge in [0.2, 0.25) is 0 Å². The van der Waals surface area contributed by atoms with E-state index in [2.05, 4.69) is 21.3 Å². The normalized spacial score (nSPS) is 21.2. The lowest BCUT2D eigenvalue weighted by atomic mass is 9.94. The quantitative estimate of drug-likeness (QED) is 0.107. The molecule has 0 bridgehead atoms. The molecule has 0 spiro atoms. The molecule has 2 fully saturated rings. The first-order valence-corrected chi connectivity index (χ1v) is 21.2. The summed E-state index contributed by atoms with van der Waals surface area (Å²) in [6.45, 7) is 5.37. The molecule has 4 heterocycles. The molecule has 0 aliphatic carbocycles. The summed E-state index contributed by atoms with van der Waals surface area (Å²) in [5.41, 5.74) is 3.63. The van der Waals surface area contributed by atoms with Gasteiger partial charge in [-0.15, -0.1) is 0 Å². The molecule has 6 rings (SSSR count). The van der Waals surface area contributed by atoms with E-state index in [-0.39, 0.29) is 11.8 Å². The topological polar surface area (TPSA) is 178 Å². The fraction of sp³-hybridized carbons (Fsp3) is 0.488. The summed E-state index contributed by atoms with van der Waals surface area (Å²) in [6.07, 6.45) is 4.83. The number of nitrogens with one attached hydrogen (secondary N) is 4. The van der Waals surface area contributed by atoms with E-state index in [1.54, 1.807) is 37.9 Å². The van der Waals surface area contributed by atoms with Gasteiger partial charge in [0.25, 0.3) is 11.8 Å². The molecule has 2 aromatic carbocycles. The molecule has 4 atom stereocenters. The van der Waals surface area contributed by atoms with Gasteiger partial charge in [-0.2, -0.15) is 0 Å². The van der Waals surface area contributed by atoms with Gasteiger partial charge in [-0.05, 0) is 119 Å². The van der Waals surface area contributed by atoms with Crippen LogP contribution in [-0.4, -0.2) is 111 Å². The number of benzene rings is 2.